The molecule has 0 amide bonds. The number of hydrogen-bond acceptors (Lipinski definition) is 3. The lowest BCUT2D eigenvalue weighted by atomic mass is 9.63. The van der Waals surface area contributed by atoms with Gasteiger partial charge in [0.25, 0.3) is 0 Å². The summed E-state index contributed by atoms with van der Waals surface area (Å²) in [7, 11) is 3.41. The van der Waals surface area contributed by atoms with Crippen molar-refractivity contribution in [3.63, 3.8) is 0 Å². The highest BCUT2D eigenvalue weighted by atomic mass is 16.5. The second-order valence-electron chi connectivity index (χ2n) is 6.85. The molecule has 0 heterocycles. The summed E-state index contributed by atoms with van der Waals surface area (Å²) in [4.78, 5) is 0. The molecule has 0 radical (unpaired) electrons. The van der Waals surface area contributed by atoms with E-state index in [0.717, 1.165) is 24.3 Å². The molecule has 1 aromatic rings. The first kappa shape index (κ1) is 15.2. The number of ether oxygens (including phenoxy) is 2. The van der Waals surface area contributed by atoms with Crippen LogP contribution in [0.25, 0.3) is 0 Å². The fourth-order valence-corrected chi connectivity index (χ4v) is 2.98. The second-order valence-corrected chi connectivity index (χ2v) is 6.85. The van der Waals surface area contributed by atoms with Crippen molar-refractivity contribution in [2.24, 2.45) is 5.73 Å². The van der Waals surface area contributed by atoms with E-state index in [1.807, 2.05) is 0 Å². The first-order valence-electron chi connectivity index (χ1n) is 7.35. The Balaban J connectivity index is 2.64. The van der Waals surface area contributed by atoms with E-state index in [1.54, 1.807) is 14.2 Å². The molecule has 2 rings (SSSR count). The van der Waals surface area contributed by atoms with Crippen LogP contribution in [0.2, 0.25) is 0 Å². The molecule has 1 aliphatic carbocycles. The predicted octanol–water partition coefficient (Wildman–Crippen LogP) is 3.38. The fourth-order valence-electron chi connectivity index (χ4n) is 2.98. The van der Waals surface area contributed by atoms with Gasteiger partial charge in [0.15, 0.2) is 11.5 Å². The maximum atomic E-state index is 6.08. The van der Waals surface area contributed by atoms with Crippen molar-refractivity contribution >= 4 is 0 Å². The van der Waals surface area contributed by atoms with E-state index in [2.05, 4.69) is 32.9 Å². The van der Waals surface area contributed by atoms with E-state index in [-0.39, 0.29) is 10.8 Å². The number of rotatable bonds is 4. The van der Waals surface area contributed by atoms with E-state index in [1.165, 1.54) is 17.5 Å². The zero-order valence-corrected chi connectivity index (χ0v) is 13.4. The summed E-state index contributed by atoms with van der Waals surface area (Å²) in [5.41, 5.74) is 8.71. The molecule has 1 fully saturated rings. The van der Waals surface area contributed by atoms with E-state index in [4.69, 9.17) is 15.2 Å². The third-order valence-corrected chi connectivity index (χ3v) is 4.62. The van der Waals surface area contributed by atoms with Gasteiger partial charge < -0.3 is 15.2 Å². The van der Waals surface area contributed by atoms with E-state index >= 15 is 0 Å². The maximum Gasteiger partial charge on any atom is 0.164 e. The standard InChI is InChI=1S/C17H27NO2/c1-16(2,3)12-9-13(17(11-18)7-6-8-17)15(20-5)14(10-12)19-4/h9-10H,6-8,11,18H2,1-5H3. The molecule has 0 unspecified atom stereocenters. The molecule has 1 aromatic carbocycles. The molecule has 1 saturated carbocycles. The number of nitrogens with two attached hydrogens (primary N) is 1. The summed E-state index contributed by atoms with van der Waals surface area (Å²) in [5, 5.41) is 0. The van der Waals surface area contributed by atoms with Crippen molar-refractivity contribution in [1.82, 2.24) is 0 Å². The Labute approximate surface area is 122 Å². The number of benzene rings is 1. The Morgan fingerprint density at radius 3 is 2.15 bits per heavy atom. The van der Waals surface area contributed by atoms with Crippen molar-refractivity contribution in [1.29, 1.82) is 0 Å². The average Bonchev–Trinajstić information content (AvgIpc) is 2.36. The summed E-state index contributed by atoms with van der Waals surface area (Å²) in [6.07, 6.45) is 3.51. The van der Waals surface area contributed by atoms with Gasteiger partial charge in [-0.1, -0.05) is 33.3 Å². The van der Waals surface area contributed by atoms with Crippen LogP contribution in [0.15, 0.2) is 12.1 Å². The Morgan fingerprint density at radius 2 is 1.80 bits per heavy atom. The minimum absolute atomic E-state index is 0.0693. The van der Waals surface area contributed by atoms with Crippen LogP contribution in [0.4, 0.5) is 0 Å². The highest BCUT2D eigenvalue weighted by Crippen LogP contribution is 2.50. The Bertz CT molecular complexity index is 479. The van der Waals surface area contributed by atoms with Crippen LogP contribution in [0.1, 0.15) is 51.2 Å². The summed E-state index contributed by atoms with van der Waals surface area (Å²) in [6, 6.07) is 4.36. The molecule has 1 aliphatic rings. The van der Waals surface area contributed by atoms with Gasteiger partial charge in [0.2, 0.25) is 0 Å². The van der Waals surface area contributed by atoms with Crippen molar-refractivity contribution in [2.75, 3.05) is 20.8 Å². The molecular formula is C17H27NO2. The van der Waals surface area contributed by atoms with Crippen LogP contribution in [0.3, 0.4) is 0 Å². The van der Waals surface area contributed by atoms with Gasteiger partial charge >= 0.3 is 0 Å². The highest BCUT2D eigenvalue weighted by Gasteiger charge is 2.41. The predicted molar refractivity (Wildman–Crippen MR) is 82.8 cm³/mol. The second kappa shape index (κ2) is 5.28. The molecule has 20 heavy (non-hydrogen) atoms. The minimum Gasteiger partial charge on any atom is -0.493 e. The first-order valence-corrected chi connectivity index (χ1v) is 7.35. The van der Waals surface area contributed by atoms with Crippen LogP contribution < -0.4 is 15.2 Å². The molecule has 112 valence electrons. The molecular weight excluding hydrogens is 250 g/mol. The Kier molecular flexibility index (Phi) is 4.01. The van der Waals surface area contributed by atoms with Crippen molar-refractivity contribution in [2.45, 2.75) is 50.9 Å². The summed E-state index contributed by atoms with van der Waals surface area (Å²) >= 11 is 0. The fraction of sp³-hybridized carbons (Fsp3) is 0.647. The topological polar surface area (TPSA) is 44.5 Å². The lowest BCUT2D eigenvalue weighted by Gasteiger charge is -2.43. The third-order valence-electron chi connectivity index (χ3n) is 4.62. The Morgan fingerprint density at radius 1 is 1.15 bits per heavy atom. The van der Waals surface area contributed by atoms with E-state index in [0.29, 0.717) is 6.54 Å². The van der Waals surface area contributed by atoms with Gasteiger partial charge in [-0.15, -0.1) is 0 Å². The average molecular weight is 277 g/mol. The molecule has 3 heteroatoms. The summed E-state index contributed by atoms with van der Waals surface area (Å²) in [6.45, 7) is 7.32. The van der Waals surface area contributed by atoms with Gasteiger partial charge in [0.1, 0.15) is 0 Å². The normalized spacial score (nSPS) is 17.5. The maximum absolute atomic E-state index is 6.08. The van der Waals surface area contributed by atoms with Crippen LogP contribution in [-0.4, -0.2) is 20.8 Å². The molecule has 3 nitrogen and oxygen atoms in total. The lowest BCUT2D eigenvalue weighted by Crippen LogP contribution is -2.42. The van der Waals surface area contributed by atoms with Crippen molar-refractivity contribution in [3.8, 4) is 11.5 Å². The molecule has 0 spiro atoms. The molecule has 0 aliphatic heterocycles. The number of methoxy groups -OCH3 is 2. The molecule has 0 bridgehead atoms. The van der Waals surface area contributed by atoms with Gasteiger partial charge in [-0.25, -0.2) is 0 Å². The zero-order chi connectivity index (χ0) is 15.0. The largest absolute Gasteiger partial charge is 0.493 e. The van der Waals surface area contributed by atoms with Crippen molar-refractivity contribution < 1.29 is 9.47 Å². The molecule has 0 atom stereocenters. The summed E-state index contributed by atoms with van der Waals surface area (Å²) < 4.78 is 11.2. The van der Waals surface area contributed by atoms with Crippen LogP contribution in [0, 0.1) is 0 Å². The molecule has 0 aromatic heterocycles. The monoisotopic (exact) mass is 277 g/mol. The van der Waals surface area contributed by atoms with Gasteiger partial charge in [-0.05, 0) is 29.9 Å². The van der Waals surface area contributed by atoms with Gasteiger partial charge in [-0.2, -0.15) is 0 Å². The van der Waals surface area contributed by atoms with Crippen LogP contribution >= 0.6 is 0 Å². The first-order chi connectivity index (χ1) is 9.38. The zero-order valence-electron chi connectivity index (χ0n) is 13.4. The van der Waals surface area contributed by atoms with Crippen LogP contribution in [-0.2, 0) is 10.8 Å². The Hall–Kier alpha value is -1.22. The lowest BCUT2D eigenvalue weighted by molar-refractivity contribution is 0.239. The van der Waals surface area contributed by atoms with Crippen molar-refractivity contribution in [3.05, 3.63) is 23.3 Å². The van der Waals surface area contributed by atoms with Gasteiger partial charge in [0, 0.05) is 17.5 Å². The van der Waals surface area contributed by atoms with E-state index < -0.39 is 0 Å². The van der Waals surface area contributed by atoms with Gasteiger partial charge in [0.05, 0.1) is 14.2 Å². The minimum atomic E-state index is 0.0693. The highest BCUT2D eigenvalue weighted by molar-refractivity contribution is 5.55. The summed E-state index contributed by atoms with van der Waals surface area (Å²) in [5.74, 6) is 1.67. The smallest absolute Gasteiger partial charge is 0.164 e. The molecule has 2 N–H and O–H groups in total. The molecule has 0 saturated heterocycles. The van der Waals surface area contributed by atoms with Crippen LogP contribution in [0.5, 0.6) is 11.5 Å². The van der Waals surface area contributed by atoms with E-state index in [9.17, 15) is 0 Å². The third kappa shape index (κ3) is 2.39. The SMILES string of the molecule is COc1cc(C(C)(C)C)cc(C2(CN)CCC2)c1OC. The quantitative estimate of drug-likeness (QED) is 0.917. The van der Waals surface area contributed by atoms with Gasteiger partial charge in [-0.3, -0.25) is 0 Å². The number of hydrogen-bond donors (Lipinski definition) is 1.